The summed E-state index contributed by atoms with van der Waals surface area (Å²) in [6, 6.07) is 0. The van der Waals surface area contributed by atoms with Crippen molar-refractivity contribution in [3.05, 3.63) is 11.6 Å². The quantitative estimate of drug-likeness (QED) is 0.461. The van der Waals surface area contributed by atoms with Gasteiger partial charge in [0.1, 0.15) is 0 Å². The number of hydrogen-bond donors (Lipinski definition) is 2. The van der Waals surface area contributed by atoms with Gasteiger partial charge in [0, 0.05) is 5.41 Å². The van der Waals surface area contributed by atoms with E-state index in [2.05, 4.69) is 54.5 Å². The van der Waals surface area contributed by atoms with Crippen molar-refractivity contribution in [3.8, 4) is 0 Å². The first-order valence-corrected chi connectivity index (χ1v) is 13.5. The molecule has 0 aliphatic heterocycles. The largest absolute Gasteiger partial charge is 0.393 e. The highest BCUT2D eigenvalue weighted by molar-refractivity contribution is 5.31. The van der Waals surface area contributed by atoms with Crippen molar-refractivity contribution in [2.24, 2.45) is 51.8 Å². The lowest BCUT2D eigenvalue weighted by atomic mass is 9.43. The molecular formula is C29H50O2. The van der Waals surface area contributed by atoms with Crippen LogP contribution in [0.3, 0.4) is 0 Å². The van der Waals surface area contributed by atoms with Crippen molar-refractivity contribution in [3.63, 3.8) is 0 Å². The molecule has 3 saturated carbocycles. The van der Waals surface area contributed by atoms with Crippen molar-refractivity contribution >= 4 is 0 Å². The number of fused-ring (bicyclic) bond motifs is 5. The summed E-state index contributed by atoms with van der Waals surface area (Å²) >= 11 is 0. The highest BCUT2D eigenvalue weighted by atomic mass is 16.3. The van der Waals surface area contributed by atoms with E-state index in [-0.39, 0.29) is 28.5 Å². The molecule has 0 aromatic heterocycles. The zero-order valence-corrected chi connectivity index (χ0v) is 21.5. The lowest BCUT2D eigenvalue weighted by Gasteiger charge is -2.62. The van der Waals surface area contributed by atoms with Gasteiger partial charge in [0.15, 0.2) is 0 Å². The van der Waals surface area contributed by atoms with Gasteiger partial charge >= 0.3 is 0 Å². The Hall–Kier alpha value is -0.340. The Labute approximate surface area is 192 Å². The number of aliphatic hydroxyl groups is 2. The van der Waals surface area contributed by atoms with E-state index in [0.29, 0.717) is 29.6 Å². The molecule has 178 valence electrons. The molecule has 2 nitrogen and oxygen atoms in total. The average molecular weight is 431 g/mol. The molecule has 0 saturated heterocycles. The van der Waals surface area contributed by atoms with Gasteiger partial charge in [-0.15, -0.1) is 0 Å². The van der Waals surface area contributed by atoms with Crippen LogP contribution in [0.4, 0.5) is 0 Å². The standard InChI is InChI=1S/C29H50O2/c1-18(2)9-8-10-19(3)21-12-13-22-20-11-14-24-27(4,5)25(30)15-16-28(24,6)23(20)17-26(31)29(21,22)7/h14,18-23,25-26,30-31H,8-13,15-17H2,1-7H3/t19-,20+,21-,22+,23+,25-,26+,28-,29-/m1/s1. The van der Waals surface area contributed by atoms with Gasteiger partial charge in [0.05, 0.1) is 12.2 Å². The highest BCUT2D eigenvalue weighted by Crippen LogP contribution is 2.68. The summed E-state index contributed by atoms with van der Waals surface area (Å²) in [6.07, 6.45) is 12.8. The van der Waals surface area contributed by atoms with Crippen LogP contribution in [0.15, 0.2) is 11.6 Å². The summed E-state index contributed by atoms with van der Waals surface area (Å²) in [4.78, 5) is 0. The maximum Gasteiger partial charge on any atom is 0.0628 e. The molecule has 0 aromatic rings. The van der Waals surface area contributed by atoms with Crippen molar-refractivity contribution in [2.45, 2.75) is 118 Å². The third-order valence-corrected chi connectivity index (χ3v) is 11.2. The molecule has 0 aromatic carbocycles. The molecule has 2 heteroatoms. The van der Waals surface area contributed by atoms with Gasteiger partial charge in [-0.1, -0.05) is 79.4 Å². The van der Waals surface area contributed by atoms with Crippen LogP contribution >= 0.6 is 0 Å². The predicted octanol–water partition coefficient (Wildman–Crippen LogP) is 7.00. The molecule has 0 bridgehead atoms. The molecule has 3 fully saturated rings. The molecule has 9 atom stereocenters. The summed E-state index contributed by atoms with van der Waals surface area (Å²) in [5.41, 5.74) is 1.60. The van der Waals surface area contributed by atoms with Gasteiger partial charge in [-0.2, -0.15) is 0 Å². The van der Waals surface area contributed by atoms with E-state index in [4.69, 9.17) is 0 Å². The minimum Gasteiger partial charge on any atom is -0.393 e. The van der Waals surface area contributed by atoms with Crippen molar-refractivity contribution in [1.82, 2.24) is 0 Å². The fraction of sp³-hybridized carbons (Fsp3) is 0.931. The van der Waals surface area contributed by atoms with Gasteiger partial charge in [0.25, 0.3) is 0 Å². The second kappa shape index (κ2) is 8.15. The van der Waals surface area contributed by atoms with E-state index < -0.39 is 0 Å². The molecule has 0 heterocycles. The summed E-state index contributed by atoms with van der Waals surface area (Å²) in [6.45, 7) is 16.6. The first kappa shape index (κ1) is 23.8. The molecule has 2 N–H and O–H groups in total. The molecule has 4 aliphatic rings. The smallest absolute Gasteiger partial charge is 0.0628 e. The van der Waals surface area contributed by atoms with Gasteiger partial charge in [-0.3, -0.25) is 0 Å². The van der Waals surface area contributed by atoms with Gasteiger partial charge in [-0.05, 0) is 84.9 Å². The van der Waals surface area contributed by atoms with Crippen LogP contribution in [0.2, 0.25) is 0 Å². The van der Waals surface area contributed by atoms with E-state index in [1.165, 1.54) is 37.7 Å². The van der Waals surface area contributed by atoms with Gasteiger partial charge in [0.2, 0.25) is 0 Å². The number of allylic oxidation sites excluding steroid dienone is 1. The van der Waals surface area contributed by atoms with Crippen LogP contribution in [0.1, 0.15) is 106 Å². The number of hydrogen-bond acceptors (Lipinski definition) is 2. The summed E-state index contributed by atoms with van der Waals surface area (Å²) in [5, 5.41) is 22.5. The van der Waals surface area contributed by atoms with Crippen molar-refractivity contribution in [2.75, 3.05) is 0 Å². The average Bonchev–Trinajstić information content (AvgIpc) is 3.05. The topological polar surface area (TPSA) is 40.5 Å². The lowest BCUT2D eigenvalue weighted by molar-refractivity contribution is -0.143. The summed E-state index contributed by atoms with van der Waals surface area (Å²) in [7, 11) is 0. The van der Waals surface area contributed by atoms with E-state index in [1.54, 1.807) is 0 Å². The van der Waals surface area contributed by atoms with Crippen LogP contribution in [0.5, 0.6) is 0 Å². The van der Waals surface area contributed by atoms with Crippen LogP contribution < -0.4 is 0 Å². The maximum absolute atomic E-state index is 11.7. The zero-order valence-electron chi connectivity index (χ0n) is 21.5. The SMILES string of the molecule is CC(C)CCC[C@@H](C)[C@H]1CC[C@H]2[C@@H]3CC=C4C(C)(C)[C@H](O)CC[C@]4(C)[C@H]3C[C@H](O)[C@]12C. The second-order valence-corrected chi connectivity index (χ2v) is 13.5. The molecule has 0 spiro atoms. The Kier molecular flexibility index (Phi) is 6.26. The van der Waals surface area contributed by atoms with Gasteiger partial charge in [-0.25, -0.2) is 0 Å². The van der Waals surface area contributed by atoms with Crippen LogP contribution in [0, 0.1) is 51.8 Å². The van der Waals surface area contributed by atoms with E-state index in [9.17, 15) is 10.2 Å². The first-order valence-electron chi connectivity index (χ1n) is 13.5. The normalized spacial score (nSPS) is 47.4. The van der Waals surface area contributed by atoms with E-state index in [1.807, 2.05) is 0 Å². The fourth-order valence-corrected chi connectivity index (χ4v) is 9.37. The molecule has 0 radical (unpaired) electrons. The fourth-order valence-electron chi connectivity index (χ4n) is 9.37. The third-order valence-electron chi connectivity index (χ3n) is 11.2. The van der Waals surface area contributed by atoms with Crippen molar-refractivity contribution < 1.29 is 10.2 Å². The lowest BCUT2D eigenvalue weighted by Crippen LogP contribution is -2.58. The highest BCUT2D eigenvalue weighted by Gasteiger charge is 2.64. The minimum absolute atomic E-state index is 0.0871. The monoisotopic (exact) mass is 430 g/mol. The van der Waals surface area contributed by atoms with Crippen LogP contribution in [0.25, 0.3) is 0 Å². The first-order chi connectivity index (χ1) is 14.4. The molecule has 4 rings (SSSR count). The number of aliphatic hydroxyl groups excluding tert-OH is 2. The Morgan fingerprint density at radius 2 is 1.65 bits per heavy atom. The van der Waals surface area contributed by atoms with Gasteiger partial charge < -0.3 is 10.2 Å². The second-order valence-electron chi connectivity index (χ2n) is 13.5. The van der Waals surface area contributed by atoms with E-state index >= 15 is 0 Å². The zero-order chi connectivity index (χ0) is 22.8. The maximum atomic E-state index is 11.7. The number of rotatable bonds is 5. The molecule has 0 amide bonds. The van der Waals surface area contributed by atoms with Crippen LogP contribution in [-0.2, 0) is 0 Å². The Morgan fingerprint density at radius 3 is 2.32 bits per heavy atom. The van der Waals surface area contributed by atoms with Crippen LogP contribution in [-0.4, -0.2) is 22.4 Å². The third kappa shape index (κ3) is 3.58. The molecule has 0 unspecified atom stereocenters. The van der Waals surface area contributed by atoms with E-state index in [0.717, 1.165) is 31.6 Å². The Bertz CT molecular complexity index is 693. The molecular weight excluding hydrogens is 380 g/mol. The summed E-state index contributed by atoms with van der Waals surface area (Å²) < 4.78 is 0. The molecule has 4 aliphatic carbocycles. The minimum atomic E-state index is -0.232. The Morgan fingerprint density at radius 1 is 0.935 bits per heavy atom. The Balaban J connectivity index is 1.59. The predicted molar refractivity (Wildman–Crippen MR) is 130 cm³/mol. The summed E-state index contributed by atoms with van der Waals surface area (Å²) in [5.74, 6) is 4.12. The molecule has 31 heavy (non-hydrogen) atoms. The van der Waals surface area contributed by atoms with Crippen molar-refractivity contribution in [1.29, 1.82) is 0 Å².